The van der Waals surface area contributed by atoms with Gasteiger partial charge in [-0.05, 0) is 48.2 Å². The molecular weight excluding hydrogens is 435 g/mol. The Bertz CT molecular complexity index is 872. The summed E-state index contributed by atoms with van der Waals surface area (Å²) in [5.41, 5.74) is 1.67. The van der Waals surface area contributed by atoms with Gasteiger partial charge in [-0.3, -0.25) is 9.59 Å². The first kappa shape index (κ1) is 25.0. The van der Waals surface area contributed by atoms with E-state index >= 15 is 0 Å². The number of methoxy groups -OCH3 is 1. The molecule has 1 N–H and O–H groups in total. The van der Waals surface area contributed by atoms with Gasteiger partial charge in [-0.1, -0.05) is 61.7 Å². The molecule has 2 aromatic carbocycles. The minimum atomic E-state index is -0.561. The number of halogens is 2. The topological polar surface area (TPSA) is 58.6 Å². The standard InChI is InChI=1S/C24H30Cl2N2O3/c1-4-6-13-27-24(30)22(5-2)28(16-17-7-10-19(31-3)11-8-17)23(29)15-18-9-12-20(25)21(26)14-18/h7-12,14,22H,4-6,13,15-16H2,1-3H3,(H,27,30). The fraction of sp³-hybridized carbons (Fsp3) is 0.417. The van der Waals surface area contributed by atoms with Gasteiger partial charge in [-0.2, -0.15) is 0 Å². The van der Waals surface area contributed by atoms with Crippen molar-refractivity contribution in [2.24, 2.45) is 0 Å². The van der Waals surface area contributed by atoms with Gasteiger partial charge in [-0.15, -0.1) is 0 Å². The Balaban J connectivity index is 2.26. The highest BCUT2D eigenvalue weighted by atomic mass is 35.5. The van der Waals surface area contributed by atoms with Crippen molar-refractivity contribution < 1.29 is 14.3 Å². The summed E-state index contributed by atoms with van der Waals surface area (Å²) in [5, 5.41) is 3.80. The second-order valence-electron chi connectivity index (χ2n) is 7.36. The van der Waals surface area contributed by atoms with Crippen LogP contribution in [-0.2, 0) is 22.6 Å². The minimum absolute atomic E-state index is 0.131. The Hall–Kier alpha value is -2.24. The van der Waals surface area contributed by atoms with E-state index < -0.39 is 6.04 Å². The summed E-state index contributed by atoms with van der Waals surface area (Å²) in [7, 11) is 1.61. The summed E-state index contributed by atoms with van der Waals surface area (Å²) in [4.78, 5) is 27.8. The highest BCUT2D eigenvalue weighted by Gasteiger charge is 2.28. The van der Waals surface area contributed by atoms with Crippen LogP contribution in [0.5, 0.6) is 5.75 Å². The summed E-state index contributed by atoms with van der Waals surface area (Å²) < 4.78 is 5.22. The Morgan fingerprint density at radius 2 is 1.71 bits per heavy atom. The minimum Gasteiger partial charge on any atom is -0.497 e. The van der Waals surface area contributed by atoms with E-state index in [1.165, 1.54) is 0 Å². The molecule has 1 atom stereocenters. The Morgan fingerprint density at radius 3 is 2.29 bits per heavy atom. The lowest BCUT2D eigenvalue weighted by Crippen LogP contribution is -2.49. The van der Waals surface area contributed by atoms with E-state index in [0.717, 1.165) is 29.7 Å². The van der Waals surface area contributed by atoms with Crippen molar-refractivity contribution in [3.05, 3.63) is 63.6 Å². The van der Waals surface area contributed by atoms with E-state index in [2.05, 4.69) is 12.2 Å². The summed E-state index contributed by atoms with van der Waals surface area (Å²) in [6.45, 7) is 4.91. The lowest BCUT2D eigenvalue weighted by atomic mass is 10.1. The monoisotopic (exact) mass is 464 g/mol. The molecular formula is C24H30Cl2N2O3. The van der Waals surface area contributed by atoms with Crippen LogP contribution in [0.15, 0.2) is 42.5 Å². The van der Waals surface area contributed by atoms with Crippen LogP contribution in [0.1, 0.15) is 44.2 Å². The van der Waals surface area contributed by atoms with Crippen molar-refractivity contribution in [1.82, 2.24) is 10.2 Å². The molecule has 1 unspecified atom stereocenters. The number of ether oxygens (including phenoxy) is 1. The van der Waals surface area contributed by atoms with E-state index in [1.54, 1.807) is 30.2 Å². The molecule has 31 heavy (non-hydrogen) atoms. The number of carbonyl (C=O) groups excluding carboxylic acids is 2. The van der Waals surface area contributed by atoms with Crippen LogP contribution < -0.4 is 10.1 Å². The molecule has 168 valence electrons. The van der Waals surface area contributed by atoms with Crippen LogP contribution in [0.4, 0.5) is 0 Å². The number of unbranched alkanes of at least 4 members (excludes halogenated alkanes) is 1. The van der Waals surface area contributed by atoms with Gasteiger partial charge in [0.25, 0.3) is 0 Å². The van der Waals surface area contributed by atoms with E-state index in [4.69, 9.17) is 27.9 Å². The van der Waals surface area contributed by atoms with Crippen LogP contribution in [0.3, 0.4) is 0 Å². The zero-order chi connectivity index (χ0) is 22.8. The van der Waals surface area contributed by atoms with Crippen molar-refractivity contribution in [1.29, 1.82) is 0 Å². The lowest BCUT2D eigenvalue weighted by molar-refractivity contribution is -0.140. The van der Waals surface area contributed by atoms with Crippen molar-refractivity contribution in [2.75, 3.05) is 13.7 Å². The maximum Gasteiger partial charge on any atom is 0.242 e. The average molecular weight is 465 g/mol. The predicted molar refractivity (Wildman–Crippen MR) is 126 cm³/mol. The van der Waals surface area contributed by atoms with Crippen LogP contribution in [-0.4, -0.2) is 36.4 Å². The third kappa shape index (κ3) is 7.44. The van der Waals surface area contributed by atoms with Gasteiger partial charge < -0.3 is 15.0 Å². The maximum atomic E-state index is 13.3. The molecule has 0 saturated carbocycles. The van der Waals surface area contributed by atoms with Crippen LogP contribution in [0.2, 0.25) is 10.0 Å². The number of hydrogen-bond acceptors (Lipinski definition) is 3. The van der Waals surface area contributed by atoms with Crippen molar-refractivity contribution in [2.45, 2.75) is 52.1 Å². The summed E-state index contributed by atoms with van der Waals surface area (Å²) >= 11 is 12.1. The summed E-state index contributed by atoms with van der Waals surface area (Å²) in [5.74, 6) is 0.459. The number of hydrogen-bond donors (Lipinski definition) is 1. The first-order valence-electron chi connectivity index (χ1n) is 10.5. The normalized spacial score (nSPS) is 11.6. The van der Waals surface area contributed by atoms with E-state index in [1.807, 2.05) is 31.2 Å². The quantitative estimate of drug-likeness (QED) is 0.460. The third-order valence-electron chi connectivity index (χ3n) is 5.07. The Kier molecular flexibility index (Phi) is 10.2. The van der Waals surface area contributed by atoms with E-state index in [-0.39, 0.29) is 18.2 Å². The highest BCUT2D eigenvalue weighted by molar-refractivity contribution is 6.42. The molecule has 0 bridgehead atoms. The molecule has 0 heterocycles. The van der Waals surface area contributed by atoms with Gasteiger partial charge in [0.2, 0.25) is 11.8 Å². The Morgan fingerprint density at radius 1 is 1.03 bits per heavy atom. The van der Waals surface area contributed by atoms with Crippen molar-refractivity contribution in [3.63, 3.8) is 0 Å². The maximum absolute atomic E-state index is 13.3. The molecule has 2 amide bonds. The molecule has 5 nitrogen and oxygen atoms in total. The number of benzene rings is 2. The molecule has 0 spiro atoms. The smallest absolute Gasteiger partial charge is 0.242 e. The SMILES string of the molecule is CCCCNC(=O)C(CC)N(Cc1ccc(OC)cc1)C(=O)Cc1ccc(Cl)c(Cl)c1. The highest BCUT2D eigenvalue weighted by Crippen LogP contribution is 2.24. The van der Waals surface area contributed by atoms with E-state index in [9.17, 15) is 9.59 Å². The number of nitrogens with one attached hydrogen (secondary N) is 1. The number of nitrogens with zero attached hydrogens (tertiary/aromatic N) is 1. The zero-order valence-electron chi connectivity index (χ0n) is 18.3. The van der Waals surface area contributed by atoms with Gasteiger partial charge in [0, 0.05) is 13.1 Å². The predicted octanol–water partition coefficient (Wildman–Crippen LogP) is 5.27. The van der Waals surface area contributed by atoms with E-state index in [0.29, 0.717) is 29.6 Å². The van der Waals surface area contributed by atoms with Gasteiger partial charge in [-0.25, -0.2) is 0 Å². The first-order valence-corrected chi connectivity index (χ1v) is 11.3. The molecule has 0 fully saturated rings. The van der Waals surface area contributed by atoms with Crippen LogP contribution in [0.25, 0.3) is 0 Å². The van der Waals surface area contributed by atoms with Crippen molar-refractivity contribution in [3.8, 4) is 5.75 Å². The number of amides is 2. The summed E-state index contributed by atoms with van der Waals surface area (Å²) in [6.07, 6.45) is 2.54. The third-order valence-corrected chi connectivity index (χ3v) is 5.81. The second kappa shape index (κ2) is 12.6. The largest absolute Gasteiger partial charge is 0.497 e. The lowest BCUT2D eigenvalue weighted by Gasteiger charge is -2.31. The number of rotatable bonds is 11. The van der Waals surface area contributed by atoms with Gasteiger partial charge in [0.15, 0.2) is 0 Å². The molecule has 2 rings (SSSR count). The molecule has 0 radical (unpaired) electrons. The fourth-order valence-corrected chi connectivity index (χ4v) is 3.60. The second-order valence-corrected chi connectivity index (χ2v) is 8.18. The fourth-order valence-electron chi connectivity index (χ4n) is 3.28. The molecule has 0 aliphatic carbocycles. The molecule has 2 aromatic rings. The van der Waals surface area contributed by atoms with Crippen LogP contribution in [0, 0.1) is 0 Å². The van der Waals surface area contributed by atoms with Gasteiger partial charge in [0.05, 0.1) is 23.6 Å². The molecule has 0 aromatic heterocycles. The average Bonchev–Trinajstić information content (AvgIpc) is 2.76. The molecule has 0 saturated heterocycles. The van der Waals surface area contributed by atoms with Crippen molar-refractivity contribution >= 4 is 35.0 Å². The molecule has 7 heteroatoms. The summed E-state index contributed by atoms with van der Waals surface area (Å²) in [6, 6.07) is 12.1. The van der Waals surface area contributed by atoms with Gasteiger partial charge in [0.1, 0.15) is 11.8 Å². The molecule has 0 aliphatic heterocycles. The molecule has 0 aliphatic rings. The van der Waals surface area contributed by atoms with Gasteiger partial charge >= 0.3 is 0 Å². The number of carbonyl (C=O) groups is 2. The first-order chi connectivity index (χ1) is 14.9. The Labute approximate surface area is 194 Å². The zero-order valence-corrected chi connectivity index (χ0v) is 19.8. The van der Waals surface area contributed by atoms with Crippen LogP contribution >= 0.6 is 23.2 Å².